The summed E-state index contributed by atoms with van der Waals surface area (Å²) in [6.45, 7) is 2.96. The first-order valence-electron chi connectivity index (χ1n) is 3.87. The summed E-state index contributed by atoms with van der Waals surface area (Å²) < 4.78 is 16.3. The molecule has 6 heteroatoms. The van der Waals surface area contributed by atoms with Gasteiger partial charge in [-0.1, -0.05) is 0 Å². The third kappa shape index (κ3) is 3.18. The lowest BCUT2D eigenvalue weighted by molar-refractivity contribution is -0.384. The number of nitrogens with zero attached hydrogens (tertiary/aromatic N) is 1. The molecular weight excluding hydrogens is 205 g/mol. The molecule has 0 saturated carbocycles. The molecule has 14 heavy (non-hydrogen) atoms. The van der Waals surface area contributed by atoms with E-state index in [4.69, 9.17) is 4.52 Å². The van der Waals surface area contributed by atoms with Crippen LogP contribution in [-0.4, -0.2) is 18.3 Å². The van der Waals surface area contributed by atoms with Crippen LogP contribution in [0.4, 0.5) is 5.69 Å². The van der Waals surface area contributed by atoms with Crippen molar-refractivity contribution >= 4 is 13.1 Å². The molecule has 0 N–H and O–H groups in total. The van der Waals surface area contributed by atoms with Crippen molar-refractivity contribution < 1.29 is 14.0 Å². The summed E-state index contributed by atoms with van der Waals surface area (Å²) in [6.07, 6.45) is 0. The van der Waals surface area contributed by atoms with Crippen LogP contribution in [0.25, 0.3) is 0 Å². The van der Waals surface area contributed by atoms with E-state index in [1.807, 2.05) is 0 Å². The van der Waals surface area contributed by atoms with Gasteiger partial charge in [-0.15, -0.1) is 0 Å². The molecule has 1 aromatic carbocycles. The van der Waals surface area contributed by atoms with E-state index in [0.29, 0.717) is 5.75 Å². The highest BCUT2D eigenvalue weighted by molar-refractivity contribution is 7.57. The maximum Gasteiger partial charge on any atom is 0.269 e. The number of hydrogen-bond acceptors (Lipinski definition) is 4. The van der Waals surface area contributed by atoms with Crippen molar-refractivity contribution in [2.45, 2.75) is 0 Å². The fourth-order valence-electron chi connectivity index (χ4n) is 0.883. The topological polar surface area (TPSA) is 69.4 Å². The second kappa shape index (κ2) is 3.80. The van der Waals surface area contributed by atoms with Crippen molar-refractivity contribution in [3.05, 3.63) is 34.4 Å². The van der Waals surface area contributed by atoms with Crippen LogP contribution in [0.2, 0.25) is 0 Å². The van der Waals surface area contributed by atoms with Crippen LogP contribution < -0.4 is 4.52 Å². The Hall–Kier alpha value is -1.35. The molecule has 0 saturated heterocycles. The average Bonchev–Trinajstić information content (AvgIpc) is 2.02. The Morgan fingerprint density at radius 2 is 1.79 bits per heavy atom. The summed E-state index contributed by atoms with van der Waals surface area (Å²) in [5.74, 6) is 0.379. The van der Waals surface area contributed by atoms with E-state index >= 15 is 0 Å². The van der Waals surface area contributed by atoms with Crippen molar-refractivity contribution in [2.24, 2.45) is 0 Å². The van der Waals surface area contributed by atoms with Crippen molar-refractivity contribution in [1.82, 2.24) is 0 Å². The molecule has 0 aliphatic heterocycles. The van der Waals surface area contributed by atoms with Crippen molar-refractivity contribution in [1.29, 1.82) is 0 Å². The second-order valence-electron chi connectivity index (χ2n) is 3.09. The van der Waals surface area contributed by atoms with E-state index in [9.17, 15) is 14.7 Å². The number of hydrogen-bond donors (Lipinski definition) is 0. The first kappa shape index (κ1) is 10.7. The zero-order valence-electron chi connectivity index (χ0n) is 7.84. The number of benzene rings is 1. The molecule has 0 amide bonds. The fourth-order valence-corrected chi connectivity index (χ4v) is 1.51. The Labute approximate surface area is 81.3 Å². The SMILES string of the molecule is CP(C)(=O)Oc1ccc([N+](=O)[O-])cc1. The van der Waals surface area contributed by atoms with Crippen LogP contribution in [0.1, 0.15) is 0 Å². The summed E-state index contributed by atoms with van der Waals surface area (Å²) in [5.41, 5.74) is -0.0145. The maximum atomic E-state index is 11.2. The molecule has 1 rings (SSSR count). The highest BCUT2D eigenvalue weighted by Crippen LogP contribution is 2.38. The summed E-state index contributed by atoms with van der Waals surface area (Å²) in [4.78, 5) is 9.81. The Balaban J connectivity index is 2.84. The number of nitro benzene ring substituents is 1. The van der Waals surface area contributed by atoms with E-state index in [1.54, 1.807) is 0 Å². The van der Waals surface area contributed by atoms with Gasteiger partial charge in [0.05, 0.1) is 4.92 Å². The minimum atomic E-state index is -2.60. The molecule has 0 aliphatic rings. The summed E-state index contributed by atoms with van der Waals surface area (Å²) in [7, 11) is -2.60. The molecule has 0 unspecified atom stereocenters. The average molecular weight is 215 g/mol. The van der Waals surface area contributed by atoms with E-state index in [1.165, 1.54) is 37.6 Å². The number of non-ortho nitro benzene ring substituents is 1. The molecule has 0 heterocycles. The second-order valence-corrected chi connectivity index (χ2v) is 5.78. The van der Waals surface area contributed by atoms with Crippen molar-refractivity contribution in [3.63, 3.8) is 0 Å². The van der Waals surface area contributed by atoms with Gasteiger partial charge >= 0.3 is 0 Å². The smallest absolute Gasteiger partial charge is 0.269 e. The molecule has 0 aromatic heterocycles. The highest BCUT2D eigenvalue weighted by atomic mass is 31.2. The normalized spacial score (nSPS) is 11.0. The fraction of sp³-hybridized carbons (Fsp3) is 0.250. The van der Waals surface area contributed by atoms with Gasteiger partial charge in [-0.25, -0.2) is 0 Å². The zero-order chi connectivity index (χ0) is 10.8. The quantitative estimate of drug-likeness (QED) is 0.441. The zero-order valence-corrected chi connectivity index (χ0v) is 8.73. The predicted octanol–water partition coefficient (Wildman–Crippen LogP) is 2.51. The minimum Gasteiger partial charge on any atom is -0.443 e. The van der Waals surface area contributed by atoms with E-state index in [-0.39, 0.29) is 5.69 Å². The van der Waals surface area contributed by atoms with E-state index in [0.717, 1.165) is 0 Å². The highest BCUT2D eigenvalue weighted by Gasteiger charge is 2.10. The van der Waals surface area contributed by atoms with E-state index < -0.39 is 12.3 Å². The minimum absolute atomic E-state index is 0.0145. The third-order valence-corrected chi connectivity index (χ3v) is 2.02. The monoisotopic (exact) mass is 215 g/mol. The summed E-state index contributed by atoms with van der Waals surface area (Å²) >= 11 is 0. The largest absolute Gasteiger partial charge is 0.443 e. The lowest BCUT2D eigenvalue weighted by atomic mass is 10.3. The molecule has 0 atom stereocenters. The summed E-state index contributed by atoms with van der Waals surface area (Å²) in [6, 6.07) is 5.48. The molecule has 0 fully saturated rings. The molecular formula is C8H10NO4P. The standard InChI is InChI=1S/C8H10NO4P/c1-14(2,12)13-8-5-3-7(4-6-8)9(10)11/h3-6H,1-2H3. The van der Waals surface area contributed by atoms with Gasteiger partial charge in [0.15, 0.2) is 0 Å². The van der Waals surface area contributed by atoms with Gasteiger partial charge in [0, 0.05) is 25.5 Å². The maximum absolute atomic E-state index is 11.2. The predicted molar refractivity (Wildman–Crippen MR) is 53.2 cm³/mol. The van der Waals surface area contributed by atoms with Crippen LogP contribution >= 0.6 is 7.37 Å². The first-order chi connectivity index (χ1) is 6.38. The number of nitro groups is 1. The van der Waals surface area contributed by atoms with Gasteiger partial charge in [0.25, 0.3) is 5.69 Å². The van der Waals surface area contributed by atoms with Crippen LogP contribution in [0.3, 0.4) is 0 Å². The van der Waals surface area contributed by atoms with Crippen LogP contribution in [-0.2, 0) is 4.57 Å². The lowest BCUT2D eigenvalue weighted by Gasteiger charge is -2.09. The van der Waals surface area contributed by atoms with Gasteiger partial charge in [-0.05, 0) is 12.1 Å². The summed E-state index contributed by atoms with van der Waals surface area (Å²) in [5, 5.41) is 10.3. The van der Waals surface area contributed by atoms with Crippen LogP contribution in [0, 0.1) is 10.1 Å². The van der Waals surface area contributed by atoms with E-state index in [2.05, 4.69) is 0 Å². The molecule has 1 aromatic rings. The van der Waals surface area contributed by atoms with Crippen molar-refractivity contribution in [2.75, 3.05) is 13.3 Å². The van der Waals surface area contributed by atoms with Crippen LogP contribution in [0.15, 0.2) is 24.3 Å². The van der Waals surface area contributed by atoms with Gasteiger partial charge in [-0.3, -0.25) is 14.7 Å². The Bertz CT molecular complexity index is 381. The van der Waals surface area contributed by atoms with Gasteiger partial charge in [-0.2, -0.15) is 0 Å². The Morgan fingerprint density at radius 1 is 1.29 bits per heavy atom. The lowest BCUT2D eigenvalue weighted by Crippen LogP contribution is -1.90. The third-order valence-electron chi connectivity index (χ3n) is 1.37. The molecule has 0 spiro atoms. The molecule has 0 radical (unpaired) electrons. The first-order valence-corrected chi connectivity index (χ1v) is 6.39. The van der Waals surface area contributed by atoms with Crippen LogP contribution in [0.5, 0.6) is 5.75 Å². The molecule has 76 valence electrons. The number of rotatable bonds is 3. The van der Waals surface area contributed by atoms with Gasteiger partial charge in [0.2, 0.25) is 7.37 Å². The molecule has 0 aliphatic carbocycles. The Morgan fingerprint density at radius 3 is 2.14 bits per heavy atom. The van der Waals surface area contributed by atoms with Crippen molar-refractivity contribution in [3.8, 4) is 5.75 Å². The van der Waals surface area contributed by atoms with Gasteiger partial charge in [0.1, 0.15) is 5.75 Å². The van der Waals surface area contributed by atoms with Gasteiger partial charge < -0.3 is 4.52 Å². The molecule has 5 nitrogen and oxygen atoms in total. The Kier molecular flexibility index (Phi) is 2.91. The molecule has 0 bridgehead atoms.